The van der Waals surface area contributed by atoms with Crippen molar-refractivity contribution >= 4 is 12.4 Å². The Kier molecular flexibility index (Phi) is 3.86. The standard InChI is InChI=1S/C7H8FNO2S/c8-12-11-7-3-1-6(2-4-7)5-10-9/h1-4H,5,9H2. The molecule has 0 fully saturated rings. The van der Waals surface area contributed by atoms with Gasteiger partial charge in [-0.3, -0.25) is 4.84 Å². The predicted molar refractivity (Wildman–Crippen MR) is 44.7 cm³/mol. The van der Waals surface area contributed by atoms with Crippen LogP contribution in [0.4, 0.5) is 3.89 Å². The maximum atomic E-state index is 11.6. The third-order valence-corrected chi connectivity index (χ3v) is 1.56. The topological polar surface area (TPSA) is 44.5 Å². The number of halogens is 1. The van der Waals surface area contributed by atoms with Crippen LogP contribution in [0.3, 0.4) is 0 Å². The molecule has 0 saturated carbocycles. The van der Waals surface area contributed by atoms with Crippen LogP contribution in [0.15, 0.2) is 24.3 Å². The fraction of sp³-hybridized carbons (Fsp3) is 0.143. The molecule has 66 valence electrons. The van der Waals surface area contributed by atoms with Crippen molar-refractivity contribution in [2.75, 3.05) is 0 Å². The molecular formula is C7H8FNO2S. The Balaban J connectivity index is 2.58. The molecule has 0 atom stereocenters. The van der Waals surface area contributed by atoms with E-state index in [0.29, 0.717) is 12.4 Å². The second-order valence-electron chi connectivity index (χ2n) is 2.10. The lowest BCUT2D eigenvalue weighted by Crippen LogP contribution is -1.98. The van der Waals surface area contributed by atoms with Crippen molar-refractivity contribution < 1.29 is 12.9 Å². The Morgan fingerprint density at radius 3 is 2.50 bits per heavy atom. The normalized spacial score (nSPS) is 9.83. The summed E-state index contributed by atoms with van der Waals surface area (Å²) in [4.78, 5) is 4.41. The lowest BCUT2D eigenvalue weighted by molar-refractivity contribution is 0.124. The van der Waals surface area contributed by atoms with Gasteiger partial charge in [0.15, 0.2) is 0 Å². The van der Waals surface area contributed by atoms with Gasteiger partial charge in [-0.15, -0.1) is 3.89 Å². The first-order valence-electron chi connectivity index (χ1n) is 3.22. The van der Waals surface area contributed by atoms with E-state index in [1.807, 2.05) is 0 Å². The van der Waals surface area contributed by atoms with Crippen LogP contribution in [0.2, 0.25) is 0 Å². The Morgan fingerprint density at radius 2 is 2.00 bits per heavy atom. The first kappa shape index (κ1) is 9.31. The lowest BCUT2D eigenvalue weighted by Gasteiger charge is -2.00. The first-order valence-corrected chi connectivity index (χ1v) is 3.87. The van der Waals surface area contributed by atoms with Gasteiger partial charge in [-0.05, 0) is 17.7 Å². The van der Waals surface area contributed by atoms with Gasteiger partial charge >= 0.3 is 0 Å². The molecule has 0 spiro atoms. The Hall–Kier alpha value is -0.780. The molecule has 1 aromatic carbocycles. The number of hydrogen-bond donors (Lipinski definition) is 1. The summed E-state index contributed by atoms with van der Waals surface area (Å²) < 4.78 is 16.1. The third-order valence-electron chi connectivity index (χ3n) is 1.30. The molecule has 0 amide bonds. The smallest absolute Gasteiger partial charge is 0.272 e. The maximum Gasteiger partial charge on any atom is 0.272 e. The van der Waals surface area contributed by atoms with Crippen molar-refractivity contribution in [3.63, 3.8) is 0 Å². The maximum absolute atomic E-state index is 11.6. The van der Waals surface area contributed by atoms with Crippen molar-refractivity contribution in [3.05, 3.63) is 29.8 Å². The van der Waals surface area contributed by atoms with Crippen LogP contribution in [-0.2, 0) is 11.4 Å². The van der Waals surface area contributed by atoms with E-state index in [4.69, 9.17) is 5.90 Å². The van der Waals surface area contributed by atoms with Crippen LogP contribution >= 0.6 is 12.4 Å². The largest absolute Gasteiger partial charge is 0.397 e. The number of hydrogen-bond acceptors (Lipinski definition) is 4. The highest BCUT2D eigenvalue weighted by Gasteiger charge is 1.95. The zero-order chi connectivity index (χ0) is 8.81. The minimum Gasteiger partial charge on any atom is -0.397 e. The van der Waals surface area contributed by atoms with Crippen molar-refractivity contribution in [1.82, 2.24) is 0 Å². The Bertz CT molecular complexity index is 204. The highest BCUT2D eigenvalue weighted by Crippen LogP contribution is 2.17. The molecule has 0 bridgehead atoms. The van der Waals surface area contributed by atoms with Gasteiger partial charge in [-0.25, -0.2) is 5.90 Å². The summed E-state index contributed by atoms with van der Waals surface area (Å²) >= 11 is -0.182. The van der Waals surface area contributed by atoms with E-state index in [0.717, 1.165) is 5.56 Å². The molecule has 12 heavy (non-hydrogen) atoms. The second kappa shape index (κ2) is 4.97. The van der Waals surface area contributed by atoms with Gasteiger partial charge in [-0.2, -0.15) is 0 Å². The van der Waals surface area contributed by atoms with E-state index < -0.39 is 0 Å². The highest BCUT2D eigenvalue weighted by molar-refractivity contribution is 7.89. The number of rotatable bonds is 4. The molecule has 0 unspecified atom stereocenters. The first-order chi connectivity index (χ1) is 5.86. The zero-order valence-corrected chi connectivity index (χ0v) is 7.01. The fourth-order valence-electron chi connectivity index (χ4n) is 0.774. The van der Waals surface area contributed by atoms with Gasteiger partial charge in [0.25, 0.3) is 12.4 Å². The molecule has 3 nitrogen and oxygen atoms in total. The van der Waals surface area contributed by atoms with Crippen LogP contribution < -0.4 is 10.1 Å². The minimum atomic E-state index is -0.182. The molecule has 0 aliphatic heterocycles. The molecule has 0 radical (unpaired) electrons. The summed E-state index contributed by atoms with van der Waals surface area (Å²) in [5.41, 5.74) is 0.911. The van der Waals surface area contributed by atoms with Gasteiger partial charge < -0.3 is 4.18 Å². The van der Waals surface area contributed by atoms with Gasteiger partial charge in [0.05, 0.1) is 6.61 Å². The van der Waals surface area contributed by atoms with E-state index in [1.54, 1.807) is 24.3 Å². The molecule has 0 aliphatic rings. The van der Waals surface area contributed by atoms with Crippen LogP contribution in [0.1, 0.15) is 5.56 Å². The summed E-state index contributed by atoms with van der Waals surface area (Å²) in [6.45, 7) is 0.336. The highest BCUT2D eigenvalue weighted by atomic mass is 32.2. The number of nitrogens with two attached hydrogens (primary N) is 1. The Labute approximate surface area is 74.1 Å². The third kappa shape index (κ3) is 2.69. The summed E-state index contributed by atoms with van der Waals surface area (Å²) in [5.74, 6) is 5.32. The molecule has 0 aliphatic carbocycles. The van der Waals surface area contributed by atoms with Crippen molar-refractivity contribution in [1.29, 1.82) is 0 Å². The summed E-state index contributed by atoms with van der Waals surface area (Å²) in [6, 6.07) is 6.78. The van der Waals surface area contributed by atoms with E-state index >= 15 is 0 Å². The SMILES string of the molecule is NOCc1ccc(OSF)cc1. The summed E-state index contributed by atoms with van der Waals surface area (Å²) in [5, 5.41) is 0. The molecule has 0 aromatic heterocycles. The van der Waals surface area contributed by atoms with Crippen molar-refractivity contribution in [2.45, 2.75) is 6.61 Å². The number of benzene rings is 1. The lowest BCUT2D eigenvalue weighted by atomic mass is 10.2. The molecule has 0 saturated heterocycles. The van der Waals surface area contributed by atoms with Gasteiger partial charge in [-0.1, -0.05) is 12.1 Å². The van der Waals surface area contributed by atoms with Crippen molar-refractivity contribution in [2.24, 2.45) is 5.90 Å². The minimum absolute atomic E-state index is 0.182. The summed E-state index contributed by atoms with van der Waals surface area (Å²) in [7, 11) is 0. The van der Waals surface area contributed by atoms with Gasteiger partial charge in [0.1, 0.15) is 5.75 Å². The van der Waals surface area contributed by atoms with E-state index in [-0.39, 0.29) is 12.4 Å². The molecule has 5 heteroatoms. The van der Waals surface area contributed by atoms with E-state index in [1.165, 1.54) is 0 Å². The zero-order valence-electron chi connectivity index (χ0n) is 6.20. The quantitative estimate of drug-likeness (QED) is 0.581. The molecule has 1 rings (SSSR count). The monoisotopic (exact) mass is 189 g/mol. The van der Waals surface area contributed by atoms with Crippen LogP contribution in [-0.4, -0.2) is 0 Å². The van der Waals surface area contributed by atoms with Gasteiger partial charge in [0.2, 0.25) is 0 Å². The average molecular weight is 189 g/mol. The molecular weight excluding hydrogens is 181 g/mol. The predicted octanol–water partition coefficient (Wildman–Crippen LogP) is 1.99. The Morgan fingerprint density at radius 1 is 1.33 bits per heavy atom. The van der Waals surface area contributed by atoms with Crippen LogP contribution in [0.25, 0.3) is 0 Å². The van der Waals surface area contributed by atoms with Crippen LogP contribution in [0, 0.1) is 0 Å². The van der Waals surface area contributed by atoms with Crippen LogP contribution in [0.5, 0.6) is 5.75 Å². The molecule has 2 N–H and O–H groups in total. The average Bonchev–Trinajstić information content (AvgIpc) is 2.09. The van der Waals surface area contributed by atoms with E-state index in [9.17, 15) is 3.89 Å². The summed E-state index contributed by atoms with van der Waals surface area (Å²) in [6.07, 6.45) is 0. The molecule has 1 aromatic rings. The van der Waals surface area contributed by atoms with E-state index in [2.05, 4.69) is 9.02 Å². The fourth-order valence-corrected chi connectivity index (χ4v) is 0.958. The van der Waals surface area contributed by atoms with Crippen molar-refractivity contribution in [3.8, 4) is 5.75 Å². The van der Waals surface area contributed by atoms with Gasteiger partial charge in [0, 0.05) is 0 Å². The molecule has 0 heterocycles. The second-order valence-corrected chi connectivity index (χ2v) is 2.39.